The Labute approximate surface area is 111 Å². The first-order chi connectivity index (χ1) is 8.83. The molecule has 1 N–H and O–H groups in total. The number of fused-ring (bicyclic) bond motifs is 1. The van der Waals surface area contributed by atoms with Crippen molar-refractivity contribution in [1.82, 2.24) is 0 Å². The first kappa shape index (κ1) is 12.1. The average Bonchev–Trinajstić information content (AvgIpc) is 2.42. The smallest absolute Gasteiger partial charge is 0.0342 e. The summed E-state index contributed by atoms with van der Waals surface area (Å²) < 4.78 is 0. The fraction of sp³-hybridized carbons (Fsp3) is 0.647. The lowest BCUT2D eigenvalue weighted by Crippen LogP contribution is -2.39. The third-order valence-electron chi connectivity index (χ3n) is 4.98. The Morgan fingerprint density at radius 2 is 1.61 bits per heavy atom. The molecule has 0 heterocycles. The molecule has 0 aromatic heterocycles. The van der Waals surface area contributed by atoms with Crippen LogP contribution in [0.2, 0.25) is 0 Å². The highest BCUT2D eigenvalue weighted by atomic mass is 14.9. The molecular formula is C17H25N. The predicted octanol–water partition coefficient (Wildman–Crippen LogP) is 4.77. The molecule has 0 bridgehead atoms. The molecule has 1 heteroatoms. The van der Waals surface area contributed by atoms with Gasteiger partial charge in [0.1, 0.15) is 0 Å². The van der Waals surface area contributed by atoms with Gasteiger partial charge in [0.15, 0.2) is 0 Å². The van der Waals surface area contributed by atoms with Crippen LogP contribution >= 0.6 is 0 Å². The summed E-state index contributed by atoms with van der Waals surface area (Å²) in [6.07, 6.45) is 10.1. The SMILES string of the molecule is Cc1ccc(NC2CCC[C@H]3CCCCC23)cc1. The topological polar surface area (TPSA) is 12.0 Å². The third-order valence-corrected chi connectivity index (χ3v) is 4.98. The molecule has 1 aromatic rings. The van der Waals surface area contributed by atoms with E-state index in [-0.39, 0.29) is 0 Å². The molecule has 2 aliphatic carbocycles. The Morgan fingerprint density at radius 1 is 0.889 bits per heavy atom. The predicted molar refractivity (Wildman–Crippen MR) is 77.9 cm³/mol. The summed E-state index contributed by atoms with van der Waals surface area (Å²) in [6, 6.07) is 9.63. The Kier molecular flexibility index (Phi) is 3.58. The van der Waals surface area contributed by atoms with Crippen LogP contribution in [0.1, 0.15) is 50.5 Å². The van der Waals surface area contributed by atoms with Gasteiger partial charge < -0.3 is 5.32 Å². The van der Waals surface area contributed by atoms with E-state index < -0.39 is 0 Å². The zero-order chi connectivity index (χ0) is 12.4. The van der Waals surface area contributed by atoms with Gasteiger partial charge in [-0.2, -0.15) is 0 Å². The van der Waals surface area contributed by atoms with E-state index in [9.17, 15) is 0 Å². The molecule has 1 nitrogen and oxygen atoms in total. The van der Waals surface area contributed by atoms with Gasteiger partial charge >= 0.3 is 0 Å². The van der Waals surface area contributed by atoms with Gasteiger partial charge in [0, 0.05) is 11.7 Å². The maximum Gasteiger partial charge on any atom is 0.0342 e. The highest BCUT2D eigenvalue weighted by Crippen LogP contribution is 2.41. The number of aryl methyl sites for hydroxylation is 1. The lowest BCUT2D eigenvalue weighted by molar-refractivity contribution is 0.155. The van der Waals surface area contributed by atoms with Crippen molar-refractivity contribution < 1.29 is 0 Å². The number of nitrogens with one attached hydrogen (secondary N) is 1. The lowest BCUT2D eigenvalue weighted by atomic mass is 9.68. The average molecular weight is 243 g/mol. The monoisotopic (exact) mass is 243 g/mol. The Morgan fingerprint density at radius 3 is 2.44 bits per heavy atom. The van der Waals surface area contributed by atoms with Crippen molar-refractivity contribution in [3.8, 4) is 0 Å². The summed E-state index contributed by atoms with van der Waals surface area (Å²) in [7, 11) is 0. The number of hydrogen-bond donors (Lipinski definition) is 1. The second-order valence-corrected chi connectivity index (χ2v) is 6.26. The fourth-order valence-electron chi connectivity index (χ4n) is 3.98. The normalized spacial score (nSPS) is 31.7. The summed E-state index contributed by atoms with van der Waals surface area (Å²) >= 11 is 0. The Bertz CT molecular complexity index is 379. The summed E-state index contributed by atoms with van der Waals surface area (Å²) in [5.74, 6) is 1.95. The molecule has 3 atom stereocenters. The number of rotatable bonds is 2. The molecule has 0 aliphatic heterocycles. The van der Waals surface area contributed by atoms with Gasteiger partial charge in [0.05, 0.1) is 0 Å². The highest BCUT2D eigenvalue weighted by Gasteiger charge is 2.34. The molecule has 0 spiro atoms. The first-order valence-electron chi connectivity index (χ1n) is 7.66. The number of benzene rings is 1. The standard InChI is InChI=1S/C17H25N/c1-13-9-11-15(12-10-13)18-17-8-4-6-14-5-2-3-7-16(14)17/h9-12,14,16-18H,2-8H2,1H3/t14-,16?,17?/m1/s1. The molecule has 0 amide bonds. The quantitative estimate of drug-likeness (QED) is 0.789. The van der Waals surface area contributed by atoms with Gasteiger partial charge in [0.2, 0.25) is 0 Å². The van der Waals surface area contributed by atoms with Gasteiger partial charge in [-0.05, 0) is 43.7 Å². The summed E-state index contributed by atoms with van der Waals surface area (Å²) in [5.41, 5.74) is 2.66. The molecule has 98 valence electrons. The molecule has 1 aromatic carbocycles. The van der Waals surface area contributed by atoms with E-state index >= 15 is 0 Å². The van der Waals surface area contributed by atoms with Crippen LogP contribution in [0.15, 0.2) is 24.3 Å². The third kappa shape index (κ3) is 2.55. The van der Waals surface area contributed by atoms with Crippen LogP contribution in [-0.2, 0) is 0 Å². The van der Waals surface area contributed by atoms with Gasteiger partial charge in [-0.1, -0.05) is 49.8 Å². The molecule has 3 rings (SSSR count). The van der Waals surface area contributed by atoms with E-state index in [4.69, 9.17) is 0 Å². The first-order valence-corrected chi connectivity index (χ1v) is 7.66. The molecule has 2 aliphatic rings. The second kappa shape index (κ2) is 5.34. The minimum absolute atomic E-state index is 0.728. The van der Waals surface area contributed by atoms with Crippen molar-refractivity contribution in [2.24, 2.45) is 11.8 Å². The molecule has 2 saturated carbocycles. The zero-order valence-electron chi connectivity index (χ0n) is 11.5. The van der Waals surface area contributed by atoms with E-state index in [0.717, 1.165) is 17.9 Å². The van der Waals surface area contributed by atoms with Crippen molar-refractivity contribution >= 4 is 5.69 Å². The van der Waals surface area contributed by atoms with Crippen LogP contribution in [-0.4, -0.2) is 6.04 Å². The molecule has 2 fully saturated rings. The van der Waals surface area contributed by atoms with E-state index in [0.29, 0.717) is 0 Å². The van der Waals surface area contributed by atoms with Crippen molar-refractivity contribution in [2.75, 3.05) is 5.32 Å². The van der Waals surface area contributed by atoms with Gasteiger partial charge in [0.25, 0.3) is 0 Å². The van der Waals surface area contributed by atoms with Crippen molar-refractivity contribution in [3.05, 3.63) is 29.8 Å². The molecule has 2 unspecified atom stereocenters. The second-order valence-electron chi connectivity index (χ2n) is 6.26. The van der Waals surface area contributed by atoms with E-state index in [1.807, 2.05) is 0 Å². The molecule has 0 radical (unpaired) electrons. The van der Waals surface area contributed by atoms with Crippen molar-refractivity contribution in [3.63, 3.8) is 0 Å². The van der Waals surface area contributed by atoms with E-state index in [1.165, 1.54) is 56.2 Å². The highest BCUT2D eigenvalue weighted by molar-refractivity contribution is 5.45. The maximum atomic E-state index is 3.81. The fourth-order valence-corrected chi connectivity index (χ4v) is 3.98. The minimum atomic E-state index is 0.728. The molecular weight excluding hydrogens is 218 g/mol. The van der Waals surface area contributed by atoms with Crippen LogP contribution < -0.4 is 5.32 Å². The van der Waals surface area contributed by atoms with Crippen LogP contribution in [0.5, 0.6) is 0 Å². The number of anilines is 1. The molecule has 18 heavy (non-hydrogen) atoms. The van der Waals surface area contributed by atoms with Crippen molar-refractivity contribution in [2.45, 2.75) is 57.9 Å². The zero-order valence-corrected chi connectivity index (χ0v) is 11.5. The lowest BCUT2D eigenvalue weighted by Gasteiger charge is -2.42. The summed E-state index contributed by atoms with van der Waals surface area (Å²) in [5, 5.41) is 3.81. The number of hydrogen-bond acceptors (Lipinski definition) is 1. The van der Waals surface area contributed by atoms with Crippen LogP contribution in [0, 0.1) is 18.8 Å². The largest absolute Gasteiger partial charge is 0.382 e. The maximum absolute atomic E-state index is 3.81. The minimum Gasteiger partial charge on any atom is -0.382 e. The van der Waals surface area contributed by atoms with Gasteiger partial charge in [-0.3, -0.25) is 0 Å². The van der Waals surface area contributed by atoms with Crippen molar-refractivity contribution in [1.29, 1.82) is 0 Å². The van der Waals surface area contributed by atoms with Crippen LogP contribution in [0.4, 0.5) is 5.69 Å². The van der Waals surface area contributed by atoms with E-state index in [2.05, 4.69) is 36.5 Å². The van der Waals surface area contributed by atoms with Gasteiger partial charge in [-0.15, -0.1) is 0 Å². The Hall–Kier alpha value is -0.980. The molecule has 0 saturated heterocycles. The van der Waals surface area contributed by atoms with Crippen LogP contribution in [0.3, 0.4) is 0 Å². The Balaban J connectivity index is 1.69. The summed E-state index contributed by atoms with van der Waals surface area (Å²) in [6.45, 7) is 2.15. The van der Waals surface area contributed by atoms with Crippen LogP contribution in [0.25, 0.3) is 0 Å². The summed E-state index contributed by atoms with van der Waals surface area (Å²) in [4.78, 5) is 0. The van der Waals surface area contributed by atoms with E-state index in [1.54, 1.807) is 0 Å². The van der Waals surface area contributed by atoms with Gasteiger partial charge in [-0.25, -0.2) is 0 Å².